The van der Waals surface area contributed by atoms with Crippen molar-refractivity contribution in [1.82, 2.24) is 10.0 Å². The molecule has 0 radical (unpaired) electrons. The van der Waals surface area contributed by atoms with Gasteiger partial charge in [-0.05, 0) is 39.0 Å². The van der Waals surface area contributed by atoms with Gasteiger partial charge in [0.25, 0.3) is 5.91 Å². The maximum atomic E-state index is 12.5. The van der Waals surface area contributed by atoms with Crippen LogP contribution in [0.4, 0.5) is 0 Å². The summed E-state index contributed by atoms with van der Waals surface area (Å²) in [7, 11) is -2.43. The van der Waals surface area contributed by atoms with Crippen molar-refractivity contribution in [2.45, 2.75) is 31.2 Å². The van der Waals surface area contributed by atoms with Crippen LogP contribution in [0.2, 0.25) is 0 Å². The van der Waals surface area contributed by atoms with E-state index in [2.05, 4.69) is 16.6 Å². The fourth-order valence-electron chi connectivity index (χ4n) is 1.75. The van der Waals surface area contributed by atoms with Gasteiger partial charge in [-0.25, -0.2) is 13.1 Å². The molecule has 6 nitrogen and oxygen atoms in total. The molecule has 0 bridgehead atoms. The van der Waals surface area contributed by atoms with Gasteiger partial charge in [0.05, 0.1) is 7.11 Å². The molecule has 122 valence electrons. The average Bonchev–Trinajstić information content (AvgIpc) is 2.41. The smallest absolute Gasteiger partial charge is 0.251 e. The highest BCUT2D eigenvalue weighted by Crippen LogP contribution is 2.26. The molecular formula is C15H22N2O4S. The van der Waals surface area contributed by atoms with Gasteiger partial charge in [0.15, 0.2) is 0 Å². The van der Waals surface area contributed by atoms with Crippen molar-refractivity contribution >= 4 is 15.9 Å². The summed E-state index contributed by atoms with van der Waals surface area (Å²) in [6.07, 6.45) is 1.54. The molecule has 7 heteroatoms. The van der Waals surface area contributed by atoms with Crippen molar-refractivity contribution in [1.29, 1.82) is 0 Å². The van der Waals surface area contributed by atoms with Gasteiger partial charge in [0.2, 0.25) is 10.0 Å². The third-order valence-corrected chi connectivity index (χ3v) is 4.34. The molecule has 0 aliphatic heterocycles. The molecule has 0 atom stereocenters. The first kappa shape index (κ1) is 18.2. The maximum absolute atomic E-state index is 12.5. The second-order valence-electron chi connectivity index (χ2n) is 5.72. The number of ether oxygens (including phenoxy) is 1. The topological polar surface area (TPSA) is 84.5 Å². The minimum absolute atomic E-state index is 0.0730. The van der Waals surface area contributed by atoms with Crippen LogP contribution >= 0.6 is 0 Å². The third-order valence-electron chi connectivity index (χ3n) is 2.56. The standard InChI is InChI=1S/C15H22N2O4S/c1-6-9-16-14(18)11-7-8-12(21-5)13(10-11)22(19,20)17-15(2,3)4/h6-8,10,17H,1,9H2,2-5H3,(H,16,18). The molecule has 1 aromatic carbocycles. The number of methoxy groups -OCH3 is 1. The number of rotatable bonds is 6. The van der Waals surface area contributed by atoms with Crippen LogP contribution in [0, 0.1) is 0 Å². The summed E-state index contributed by atoms with van der Waals surface area (Å²) in [4.78, 5) is 11.9. The van der Waals surface area contributed by atoms with Crippen LogP contribution in [-0.4, -0.2) is 33.5 Å². The lowest BCUT2D eigenvalue weighted by Gasteiger charge is -2.21. The summed E-state index contributed by atoms with van der Waals surface area (Å²) in [5.41, 5.74) is -0.415. The first-order valence-electron chi connectivity index (χ1n) is 6.72. The molecule has 1 amide bonds. The number of nitrogens with one attached hydrogen (secondary N) is 2. The van der Waals surface area contributed by atoms with Gasteiger partial charge in [-0.2, -0.15) is 0 Å². The van der Waals surface area contributed by atoms with Gasteiger partial charge in [0, 0.05) is 17.6 Å². The maximum Gasteiger partial charge on any atom is 0.251 e. The van der Waals surface area contributed by atoms with E-state index in [0.29, 0.717) is 6.54 Å². The minimum Gasteiger partial charge on any atom is -0.495 e. The summed E-state index contributed by atoms with van der Waals surface area (Å²) >= 11 is 0. The Morgan fingerprint density at radius 1 is 1.36 bits per heavy atom. The van der Waals surface area contributed by atoms with Crippen LogP contribution in [0.25, 0.3) is 0 Å². The van der Waals surface area contributed by atoms with E-state index in [0.717, 1.165) is 0 Å². The molecule has 0 spiro atoms. The predicted octanol–water partition coefficient (Wildman–Crippen LogP) is 1.69. The second-order valence-corrected chi connectivity index (χ2v) is 7.37. The van der Waals surface area contributed by atoms with Crippen molar-refractivity contribution in [3.8, 4) is 5.75 Å². The Kier molecular flexibility index (Phi) is 5.73. The van der Waals surface area contributed by atoms with Crippen LogP contribution in [0.3, 0.4) is 0 Å². The number of benzene rings is 1. The molecule has 0 aliphatic carbocycles. The van der Waals surface area contributed by atoms with E-state index in [1.54, 1.807) is 26.8 Å². The Balaban J connectivity index is 3.27. The molecule has 1 rings (SSSR count). The summed E-state index contributed by atoms with van der Waals surface area (Å²) in [5.74, 6) is -0.202. The quantitative estimate of drug-likeness (QED) is 0.779. The monoisotopic (exact) mass is 326 g/mol. The SMILES string of the molecule is C=CCNC(=O)c1ccc(OC)c(S(=O)(=O)NC(C)(C)C)c1. The third kappa shape index (κ3) is 4.85. The Bertz CT molecular complexity index is 661. The Morgan fingerprint density at radius 3 is 2.50 bits per heavy atom. The average molecular weight is 326 g/mol. The summed E-state index contributed by atoms with van der Waals surface area (Å²) in [5, 5.41) is 2.60. The van der Waals surface area contributed by atoms with Crippen LogP contribution in [0.5, 0.6) is 5.75 Å². The highest BCUT2D eigenvalue weighted by Gasteiger charge is 2.26. The lowest BCUT2D eigenvalue weighted by Crippen LogP contribution is -2.40. The molecule has 2 N–H and O–H groups in total. The molecule has 0 unspecified atom stereocenters. The number of amides is 1. The molecule has 0 heterocycles. The zero-order valence-electron chi connectivity index (χ0n) is 13.3. The molecule has 0 saturated heterocycles. The van der Waals surface area contributed by atoms with Crippen molar-refractivity contribution in [2.75, 3.05) is 13.7 Å². The number of hydrogen-bond acceptors (Lipinski definition) is 4. The van der Waals surface area contributed by atoms with Crippen molar-refractivity contribution < 1.29 is 17.9 Å². The van der Waals surface area contributed by atoms with Crippen molar-refractivity contribution in [3.05, 3.63) is 36.4 Å². The van der Waals surface area contributed by atoms with E-state index < -0.39 is 15.6 Å². The van der Waals surface area contributed by atoms with Crippen LogP contribution in [0.1, 0.15) is 31.1 Å². The number of carbonyl (C=O) groups excluding carboxylic acids is 1. The van der Waals surface area contributed by atoms with Gasteiger partial charge in [-0.3, -0.25) is 4.79 Å². The van der Waals surface area contributed by atoms with Crippen LogP contribution in [-0.2, 0) is 10.0 Å². The lowest BCUT2D eigenvalue weighted by atomic mass is 10.1. The lowest BCUT2D eigenvalue weighted by molar-refractivity contribution is 0.0957. The Hall–Kier alpha value is -1.86. The van der Waals surface area contributed by atoms with Gasteiger partial charge < -0.3 is 10.1 Å². The van der Waals surface area contributed by atoms with E-state index in [-0.39, 0.29) is 22.1 Å². The highest BCUT2D eigenvalue weighted by molar-refractivity contribution is 7.89. The van der Waals surface area contributed by atoms with Gasteiger partial charge in [-0.1, -0.05) is 6.08 Å². The first-order chi connectivity index (χ1) is 10.1. The minimum atomic E-state index is -3.81. The summed E-state index contributed by atoms with van der Waals surface area (Å²) in [6.45, 7) is 9.01. The van der Waals surface area contributed by atoms with E-state index >= 15 is 0 Å². The predicted molar refractivity (Wildman–Crippen MR) is 85.6 cm³/mol. The van der Waals surface area contributed by atoms with E-state index in [1.807, 2.05) is 0 Å². The summed E-state index contributed by atoms with van der Waals surface area (Å²) in [6, 6.07) is 4.26. The van der Waals surface area contributed by atoms with Crippen molar-refractivity contribution in [2.24, 2.45) is 0 Å². The first-order valence-corrected chi connectivity index (χ1v) is 8.20. The normalized spacial score (nSPS) is 11.8. The fraction of sp³-hybridized carbons (Fsp3) is 0.400. The van der Waals surface area contributed by atoms with Gasteiger partial charge in [0.1, 0.15) is 10.6 Å². The van der Waals surface area contributed by atoms with E-state index in [9.17, 15) is 13.2 Å². The summed E-state index contributed by atoms with van der Waals surface area (Å²) < 4.78 is 32.6. The zero-order valence-corrected chi connectivity index (χ0v) is 14.1. The molecule has 0 saturated carbocycles. The molecule has 22 heavy (non-hydrogen) atoms. The van der Waals surface area contributed by atoms with E-state index in [4.69, 9.17) is 4.74 Å². The van der Waals surface area contributed by atoms with E-state index in [1.165, 1.54) is 25.3 Å². The van der Waals surface area contributed by atoms with Gasteiger partial charge in [-0.15, -0.1) is 6.58 Å². The highest BCUT2D eigenvalue weighted by atomic mass is 32.2. The largest absolute Gasteiger partial charge is 0.495 e. The molecule has 0 aromatic heterocycles. The Labute approximate surface area is 131 Å². The molecule has 0 aliphatic rings. The van der Waals surface area contributed by atoms with Gasteiger partial charge >= 0.3 is 0 Å². The van der Waals surface area contributed by atoms with Crippen LogP contribution in [0.15, 0.2) is 35.7 Å². The number of hydrogen-bond donors (Lipinski definition) is 2. The zero-order chi connectivity index (χ0) is 17.0. The molecule has 1 aromatic rings. The Morgan fingerprint density at radius 2 is 2.00 bits per heavy atom. The fourth-order valence-corrected chi connectivity index (χ4v) is 3.37. The molecular weight excluding hydrogens is 304 g/mol. The number of sulfonamides is 1. The number of carbonyl (C=O) groups is 1. The van der Waals surface area contributed by atoms with Crippen LogP contribution < -0.4 is 14.8 Å². The second kappa shape index (κ2) is 6.93. The molecule has 0 fully saturated rings. The van der Waals surface area contributed by atoms with Crippen molar-refractivity contribution in [3.63, 3.8) is 0 Å².